The van der Waals surface area contributed by atoms with E-state index in [9.17, 15) is 8.78 Å². The highest BCUT2D eigenvalue weighted by atomic mass is 19.2. The van der Waals surface area contributed by atoms with Crippen LogP contribution in [-0.4, -0.2) is 37.6 Å². The van der Waals surface area contributed by atoms with Gasteiger partial charge in [-0.1, -0.05) is 6.92 Å². The molecule has 0 radical (unpaired) electrons. The van der Waals surface area contributed by atoms with Crippen LogP contribution in [0.1, 0.15) is 19.8 Å². The SMILES string of the molecule is CCC1CN(C)CCCN1c1c(N)ccc(F)c1F. The number of anilines is 2. The first-order valence-corrected chi connectivity index (χ1v) is 6.73. The van der Waals surface area contributed by atoms with Gasteiger partial charge in [0.2, 0.25) is 0 Å². The fourth-order valence-corrected chi connectivity index (χ4v) is 2.73. The lowest BCUT2D eigenvalue weighted by atomic mass is 10.1. The summed E-state index contributed by atoms with van der Waals surface area (Å²) >= 11 is 0. The van der Waals surface area contributed by atoms with E-state index in [1.54, 1.807) is 0 Å². The summed E-state index contributed by atoms with van der Waals surface area (Å²) < 4.78 is 27.5. The van der Waals surface area contributed by atoms with E-state index in [1.165, 1.54) is 6.07 Å². The van der Waals surface area contributed by atoms with Crippen LogP contribution in [0.4, 0.5) is 20.2 Å². The second kappa shape index (κ2) is 5.74. The van der Waals surface area contributed by atoms with Crippen molar-refractivity contribution in [3.8, 4) is 0 Å². The predicted molar refractivity (Wildman–Crippen MR) is 74.3 cm³/mol. The topological polar surface area (TPSA) is 32.5 Å². The summed E-state index contributed by atoms with van der Waals surface area (Å²) in [5, 5.41) is 0. The molecule has 5 heteroatoms. The van der Waals surface area contributed by atoms with Crippen molar-refractivity contribution in [2.75, 3.05) is 37.3 Å². The zero-order valence-electron chi connectivity index (χ0n) is 11.5. The molecule has 1 heterocycles. The van der Waals surface area contributed by atoms with Crippen molar-refractivity contribution in [2.45, 2.75) is 25.8 Å². The summed E-state index contributed by atoms with van der Waals surface area (Å²) in [6, 6.07) is 2.68. The van der Waals surface area contributed by atoms with E-state index in [-0.39, 0.29) is 11.7 Å². The van der Waals surface area contributed by atoms with Gasteiger partial charge in [-0.25, -0.2) is 8.78 Å². The van der Waals surface area contributed by atoms with Gasteiger partial charge in [0.25, 0.3) is 0 Å². The lowest BCUT2D eigenvalue weighted by Crippen LogP contribution is -2.40. The summed E-state index contributed by atoms with van der Waals surface area (Å²) in [5.74, 6) is -1.67. The minimum absolute atomic E-state index is 0.158. The molecule has 1 aliphatic rings. The number of likely N-dealkylation sites (N-methyl/N-ethyl adjacent to an activating group) is 1. The molecule has 1 fully saturated rings. The van der Waals surface area contributed by atoms with Gasteiger partial charge in [0.1, 0.15) is 0 Å². The molecule has 0 bridgehead atoms. The van der Waals surface area contributed by atoms with Gasteiger partial charge in [0.15, 0.2) is 11.6 Å². The molecule has 0 spiro atoms. The number of rotatable bonds is 2. The van der Waals surface area contributed by atoms with Crippen LogP contribution in [-0.2, 0) is 0 Å². The number of hydrogen-bond donors (Lipinski definition) is 1. The molecule has 0 amide bonds. The molecule has 0 saturated carbocycles. The first kappa shape index (κ1) is 14.1. The molecule has 106 valence electrons. The van der Waals surface area contributed by atoms with E-state index in [2.05, 4.69) is 18.9 Å². The second-order valence-electron chi connectivity index (χ2n) is 5.17. The monoisotopic (exact) mass is 269 g/mol. The fourth-order valence-electron chi connectivity index (χ4n) is 2.73. The van der Waals surface area contributed by atoms with Crippen LogP contribution in [0.15, 0.2) is 12.1 Å². The maximum atomic E-state index is 14.1. The number of nitrogens with two attached hydrogens (primary N) is 1. The molecule has 1 unspecified atom stereocenters. The molecule has 2 N–H and O–H groups in total. The number of halogens is 2. The molecule has 2 rings (SSSR count). The molecule has 0 aliphatic carbocycles. The number of nitrogens with zero attached hydrogens (tertiary/aromatic N) is 2. The Bertz CT molecular complexity index is 451. The fraction of sp³-hybridized carbons (Fsp3) is 0.571. The lowest BCUT2D eigenvalue weighted by molar-refractivity contribution is 0.327. The van der Waals surface area contributed by atoms with Crippen molar-refractivity contribution in [2.24, 2.45) is 0 Å². The third-order valence-electron chi connectivity index (χ3n) is 3.76. The van der Waals surface area contributed by atoms with Crippen LogP contribution in [0.3, 0.4) is 0 Å². The molecule has 0 aromatic heterocycles. The zero-order chi connectivity index (χ0) is 14.0. The van der Waals surface area contributed by atoms with Crippen LogP contribution >= 0.6 is 0 Å². The predicted octanol–water partition coefficient (Wildman–Crippen LogP) is 2.47. The smallest absolute Gasteiger partial charge is 0.184 e. The Balaban J connectivity index is 2.40. The maximum absolute atomic E-state index is 14.1. The van der Waals surface area contributed by atoms with E-state index in [4.69, 9.17) is 5.73 Å². The molecular formula is C14H21F2N3. The standard InChI is InChI=1S/C14H21F2N3/c1-3-10-9-18(2)7-4-8-19(10)14-12(17)6-5-11(15)13(14)16/h5-6,10H,3-4,7-9,17H2,1-2H3. The molecule has 1 aliphatic heterocycles. The van der Waals surface area contributed by atoms with Crippen molar-refractivity contribution in [1.29, 1.82) is 0 Å². The average Bonchev–Trinajstić information content (AvgIpc) is 2.56. The molecular weight excluding hydrogens is 248 g/mol. The first-order valence-electron chi connectivity index (χ1n) is 6.73. The van der Waals surface area contributed by atoms with Gasteiger partial charge in [0, 0.05) is 19.1 Å². The maximum Gasteiger partial charge on any atom is 0.184 e. The lowest BCUT2D eigenvalue weighted by Gasteiger charge is -2.33. The molecule has 1 aromatic carbocycles. The highest BCUT2D eigenvalue weighted by Crippen LogP contribution is 2.32. The van der Waals surface area contributed by atoms with Crippen molar-refractivity contribution in [3.63, 3.8) is 0 Å². The molecule has 3 nitrogen and oxygen atoms in total. The van der Waals surface area contributed by atoms with Crippen LogP contribution in [0.25, 0.3) is 0 Å². The summed E-state index contributed by atoms with van der Waals surface area (Å²) in [4.78, 5) is 4.15. The van der Waals surface area contributed by atoms with Gasteiger partial charge in [-0.15, -0.1) is 0 Å². The second-order valence-corrected chi connectivity index (χ2v) is 5.17. The molecule has 19 heavy (non-hydrogen) atoms. The van der Waals surface area contributed by atoms with Crippen LogP contribution in [0.2, 0.25) is 0 Å². The number of nitrogen functional groups attached to an aromatic ring is 1. The quantitative estimate of drug-likeness (QED) is 0.837. The van der Waals surface area contributed by atoms with E-state index in [1.807, 2.05) is 4.90 Å². The van der Waals surface area contributed by atoms with Crippen molar-refractivity contribution < 1.29 is 8.78 Å². The van der Waals surface area contributed by atoms with Crippen molar-refractivity contribution >= 4 is 11.4 Å². The van der Waals surface area contributed by atoms with Gasteiger partial charge in [-0.05, 0) is 38.6 Å². The minimum atomic E-state index is -0.836. The first-order chi connectivity index (χ1) is 9.04. The minimum Gasteiger partial charge on any atom is -0.397 e. The number of hydrogen-bond acceptors (Lipinski definition) is 3. The van der Waals surface area contributed by atoms with Gasteiger partial charge in [-0.2, -0.15) is 0 Å². The van der Waals surface area contributed by atoms with E-state index >= 15 is 0 Å². The van der Waals surface area contributed by atoms with E-state index in [0.29, 0.717) is 12.2 Å². The van der Waals surface area contributed by atoms with Gasteiger partial charge in [-0.3, -0.25) is 0 Å². The van der Waals surface area contributed by atoms with Crippen LogP contribution in [0.5, 0.6) is 0 Å². The Kier molecular flexibility index (Phi) is 4.24. The van der Waals surface area contributed by atoms with Gasteiger partial charge in [0.05, 0.1) is 11.4 Å². The normalized spacial score (nSPS) is 21.5. The summed E-state index contributed by atoms with van der Waals surface area (Å²) in [7, 11) is 2.05. The summed E-state index contributed by atoms with van der Waals surface area (Å²) in [6.45, 7) is 4.56. The molecule has 1 saturated heterocycles. The summed E-state index contributed by atoms with van der Waals surface area (Å²) in [6.07, 6.45) is 1.79. The molecule has 1 aromatic rings. The summed E-state index contributed by atoms with van der Waals surface area (Å²) in [5.41, 5.74) is 6.39. The van der Waals surface area contributed by atoms with Crippen LogP contribution < -0.4 is 10.6 Å². The Hall–Kier alpha value is -1.36. The highest BCUT2D eigenvalue weighted by molar-refractivity contribution is 5.69. The third kappa shape index (κ3) is 2.81. The van der Waals surface area contributed by atoms with Crippen molar-refractivity contribution in [1.82, 2.24) is 4.90 Å². The Morgan fingerprint density at radius 2 is 2.05 bits per heavy atom. The van der Waals surface area contributed by atoms with Crippen LogP contribution in [0, 0.1) is 11.6 Å². The van der Waals surface area contributed by atoms with E-state index in [0.717, 1.165) is 32.0 Å². The Morgan fingerprint density at radius 3 is 2.74 bits per heavy atom. The van der Waals surface area contributed by atoms with Gasteiger partial charge < -0.3 is 15.5 Å². The Labute approximate surface area is 113 Å². The zero-order valence-corrected chi connectivity index (χ0v) is 11.5. The average molecular weight is 269 g/mol. The number of benzene rings is 1. The van der Waals surface area contributed by atoms with E-state index < -0.39 is 11.6 Å². The van der Waals surface area contributed by atoms with Gasteiger partial charge >= 0.3 is 0 Å². The molecule has 1 atom stereocenters. The van der Waals surface area contributed by atoms with Crippen molar-refractivity contribution in [3.05, 3.63) is 23.8 Å². The third-order valence-corrected chi connectivity index (χ3v) is 3.76. The Morgan fingerprint density at radius 1 is 1.32 bits per heavy atom. The largest absolute Gasteiger partial charge is 0.397 e. The highest BCUT2D eigenvalue weighted by Gasteiger charge is 2.27.